The Morgan fingerprint density at radius 1 is 1.32 bits per heavy atom. The molecule has 0 spiro atoms. The van der Waals surface area contributed by atoms with E-state index in [9.17, 15) is 0 Å². The van der Waals surface area contributed by atoms with Crippen LogP contribution < -0.4 is 5.32 Å². The third-order valence-corrected chi connectivity index (χ3v) is 3.30. The number of nitrogens with zero attached hydrogens (tertiary/aromatic N) is 4. The Labute approximate surface area is 114 Å². The highest BCUT2D eigenvalue weighted by Gasteiger charge is 2.15. The van der Waals surface area contributed by atoms with Crippen molar-refractivity contribution in [2.75, 3.05) is 6.54 Å². The first-order valence-corrected chi connectivity index (χ1v) is 6.96. The van der Waals surface area contributed by atoms with Crippen molar-refractivity contribution in [2.24, 2.45) is 13.0 Å². The number of rotatable bonds is 6. The molecule has 2 aromatic heterocycles. The maximum absolute atomic E-state index is 4.45. The van der Waals surface area contributed by atoms with Crippen molar-refractivity contribution in [3.05, 3.63) is 18.2 Å². The molecule has 0 aliphatic rings. The summed E-state index contributed by atoms with van der Waals surface area (Å²) in [6, 6.07) is 0.461. The predicted molar refractivity (Wildman–Crippen MR) is 76.9 cm³/mol. The summed E-state index contributed by atoms with van der Waals surface area (Å²) in [4.78, 5) is 8.73. The fraction of sp³-hybridized carbons (Fsp3) is 0.643. The summed E-state index contributed by atoms with van der Waals surface area (Å²) < 4.78 is 1.80. The van der Waals surface area contributed by atoms with Gasteiger partial charge in [-0.25, -0.2) is 9.97 Å². The molecule has 0 saturated heterocycles. The van der Waals surface area contributed by atoms with Gasteiger partial charge in [0.2, 0.25) is 0 Å². The van der Waals surface area contributed by atoms with Crippen molar-refractivity contribution >= 4 is 11.0 Å². The summed E-state index contributed by atoms with van der Waals surface area (Å²) in [5, 5.41) is 8.88. The lowest BCUT2D eigenvalue weighted by molar-refractivity contribution is 0.422. The Morgan fingerprint density at radius 2 is 2.11 bits per heavy atom. The van der Waals surface area contributed by atoms with E-state index in [0.29, 0.717) is 12.0 Å². The number of aryl methyl sites for hydroxylation is 1. The van der Waals surface area contributed by atoms with Gasteiger partial charge in [-0.1, -0.05) is 20.8 Å². The van der Waals surface area contributed by atoms with Crippen molar-refractivity contribution in [2.45, 2.75) is 39.7 Å². The number of hydrogen-bond acceptors (Lipinski definition) is 4. The summed E-state index contributed by atoms with van der Waals surface area (Å²) in [7, 11) is 1.91. The Morgan fingerprint density at radius 3 is 2.79 bits per heavy atom. The Bertz CT molecular complexity index is 532. The zero-order valence-corrected chi connectivity index (χ0v) is 12.2. The van der Waals surface area contributed by atoms with Crippen LogP contribution in [-0.4, -0.2) is 32.3 Å². The maximum Gasteiger partial charge on any atom is 0.161 e. The van der Waals surface area contributed by atoms with E-state index in [1.54, 1.807) is 11.0 Å². The second kappa shape index (κ2) is 6.10. The topological polar surface area (TPSA) is 55.6 Å². The van der Waals surface area contributed by atoms with E-state index in [4.69, 9.17) is 0 Å². The van der Waals surface area contributed by atoms with Crippen LogP contribution in [0.2, 0.25) is 0 Å². The van der Waals surface area contributed by atoms with Gasteiger partial charge in [-0.3, -0.25) is 4.68 Å². The molecule has 5 heteroatoms. The van der Waals surface area contributed by atoms with Crippen molar-refractivity contribution in [3.63, 3.8) is 0 Å². The van der Waals surface area contributed by atoms with Crippen LogP contribution in [0.5, 0.6) is 0 Å². The minimum absolute atomic E-state index is 0.461. The average Bonchev–Trinajstić information content (AvgIpc) is 2.72. The van der Waals surface area contributed by atoms with Crippen LogP contribution in [0.4, 0.5) is 0 Å². The third-order valence-electron chi connectivity index (χ3n) is 3.30. The summed E-state index contributed by atoms with van der Waals surface area (Å²) >= 11 is 0. The highest BCUT2D eigenvalue weighted by molar-refractivity contribution is 5.76. The van der Waals surface area contributed by atoms with Crippen LogP contribution in [0, 0.1) is 5.92 Å². The molecule has 19 heavy (non-hydrogen) atoms. The highest BCUT2D eigenvalue weighted by atomic mass is 15.3. The van der Waals surface area contributed by atoms with Gasteiger partial charge in [0, 0.05) is 19.5 Å². The predicted octanol–water partition coefficient (Wildman–Crippen LogP) is 1.93. The number of likely N-dealkylation sites (N-methyl/N-ethyl adjacent to an activating group) is 1. The van der Waals surface area contributed by atoms with E-state index in [0.717, 1.165) is 36.1 Å². The van der Waals surface area contributed by atoms with Crippen LogP contribution in [0.3, 0.4) is 0 Å². The maximum atomic E-state index is 4.45. The normalized spacial score (nSPS) is 13.3. The molecular weight excluding hydrogens is 238 g/mol. The Kier molecular flexibility index (Phi) is 4.47. The van der Waals surface area contributed by atoms with Gasteiger partial charge < -0.3 is 5.32 Å². The molecule has 1 unspecified atom stereocenters. The number of hydrogen-bond donors (Lipinski definition) is 1. The first-order valence-electron chi connectivity index (χ1n) is 6.96. The standard InChI is InChI=1S/C14H23N5/c1-5-15-11(6-10(2)3)7-13-12-8-18-19(4)14(12)17-9-16-13/h8-11,15H,5-7H2,1-4H3. The second-order valence-electron chi connectivity index (χ2n) is 5.41. The van der Waals surface area contributed by atoms with Crippen molar-refractivity contribution in [1.29, 1.82) is 0 Å². The van der Waals surface area contributed by atoms with Gasteiger partial charge in [0.15, 0.2) is 5.65 Å². The quantitative estimate of drug-likeness (QED) is 0.863. The van der Waals surface area contributed by atoms with Crippen molar-refractivity contribution in [1.82, 2.24) is 25.1 Å². The SMILES string of the molecule is CCNC(Cc1ncnc2c1cnn2C)CC(C)C. The molecule has 0 radical (unpaired) electrons. The molecule has 5 nitrogen and oxygen atoms in total. The summed E-state index contributed by atoms with van der Waals surface area (Å²) in [5.41, 5.74) is 1.99. The number of nitrogens with one attached hydrogen (secondary N) is 1. The van der Waals surface area contributed by atoms with E-state index in [1.807, 2.05) is 13.2 Å². The Balaban J connectivity index is 2.23. The van der Waals surface area contributed by atoms with Crippen LogP contribution in [0.25, 0.3) is 11.0 Å². The van der Waals surface area contributed by atoms with Crippen LogP contribution >= 0.6 is 0 Å². The van der Waals surface area contributed by atoms with E-state index >= 15 is 0 Å². The van der Waals surface area contributed by atoms with Crippen LogP contribution in [-0.2, 0) is 13.5 Å². The molecule has 0 amide bonds. The van der Waals surface area contributed by atoms with E-state index in [-0.39, 0.29) is 0 Å². The van der Waals surface area contributed by atoms with Gasteiger partial charge in [-0.05, 0) is 18.9 Å². The fourth-order valence-electron chi connectivity index (χ4n) is 2.50. The van der Waals surface area contributed by atoms with Gasteiger partial charge >= 0.3 is 0 Å². The highest BCUT2D eigenvalue weighted by Crippen LogP contribution is 2.17. The summed E-state index contributed by atoms with van der Waals surface area (Å²) in [6.45, 7) is 7.64. The van der Waals surface area contributed by atoms with Crippen LogP contribution in [0.15, 0.2) is 12.5 Å². The van der Waals surface area contributed by atoms with E-state index in [1.165, 1.54) is 0 Å². The average molecular weight is 261 g/mol. The Hall–Kier alpha value is -1.49. The minimum Gasteiger partial charge on any atom is -0.314 e. The van der Waals surface area contributed by atoms with Gasteiger partial charge in [0.25, 0.3) is 0 Å². The van der Waals surface area contributed by atoms with Gasteiger partial charge in [-0.2, -0.15) is 5.10 Å². The smallest absolute Gasteiger partial charge is 0.161 e. The fourth-order valence-corrected chi connectivity index (χ4v) is 2.50. The number of fused-ring (bicyclic) bond motifs is 1. The molecule has 0 aliphatic carbocycles. The third kappa shape index (κ3) is 3.29. The van der Waals surface area contributed by atoms with Gasteiger partial charge in [-0.15, -0.1) is 0 Å². The first kappa shape index (κ1) is 13.9. The number of aromatic nitrogens is 4. The molecule has 1 N–H and O–H groups in total. The molecule has 2 heterocycles. The molecule has 104 valence electrons. The van der Waals surface area contributed by atoms with E-state index in [2.05, 4.69) is 41.2 Å². The van der Waals surface area contributed by atoms with Gasteiger partial charge in [0.05, 0.1) is 17.3 Å². The molecule has 0 aliphatic heterocycles. The summed E-state index contributed by atoms with van der Waals surface area (Å²) in [6.07, 6.45) is 5.58. The lowest BCUT2D eigenvalue weighted by Crippen LogP contribution is -2.32. The lowest BCUT2D eigenvalue weighted by Gasteiger charge is -2.19. The van der Waals surface area contributed by atoms with Gasteiger partial charge in [0.1, 0.15) is 6.33 Å². The molecule has 2 aromatic rings. The van der Waals surface area contributed by atoms with Crippen molar-refractivity contribution < 1.29 is 0 Å². The lowest BCUT2D eigenvalue weighted by atomic mass is 9.99. The largest absolute Gasteiger partial charge is 0.314 e. The van der Waals surface area contributed by atoms with E-state index < -0.39 is 0 Å². The molecule has 0 fully saturated rings. The minimum atomic E-state index is 0.461. The summed E-state index contributed by atoms with van der Waals surface area (Å²) in [5.74, 6) is 0.676. The molecule has 0 bridgehead atoms. The zero-order chi connectivity index (χ0) is 13.8. The second-order valence-corrected chi connectivity index (χ2v) is 5.41. The zero-order valence-electron chi connectivity index (χ0n) is 12.2. The van der Waals surface area contributed by atoms with Crippen LogP contribution in [0.1, 0.15) is 32.9 Å². The molecule has 2 rings (SSSR count). The first-order chi connectivity index (χ1) is 9.11. The molecule has 1 atom stereocenters. The van der Waals surface area contributed by atoms with Crippen molar-refractivity contribution in [3.8, 4) is 0 Å². The molecular formula is C14H23N5. The molecule has 0 saturated carbocycles. The molecule has 0 aromatic carbocycles. The monoisotopic (exact) mass is 261 g/mol.